The molecule has 1 aliphatic rings. The van der Waals surface area contributed by atoms with Gasteiger partial charge in [0.25, 0.3) is 0 Å². The first-order chi connectivity index (χ1) is 13.5. The van der Waals surface area contributed by atoms with Gasteiger partial charge in [0, 0.05) is 29.4 Å². The maximum Gasteiger partial charge on any atom is 0.207 e. The largest absolute Gasteiger partial charge is 0.508 e. The number of allylic oxidation sites excluding steroid dienone is 3. The number of aliphatic imine (C=N–C) groups is 1. The van der Waals surface area contributed by atoms with Crippen LogP contribution in [0.1, 0.15) is 33.3 Å². The molecule has 3 rings (SSSR count). The van der Waals surface area contributed by atoms with Gasteiger partial charge in [-0.25, -0.2) is 4.99 Å². The molecular weight excluding hydrogens is 350 g/mol. The number of hydrogen-bond acceptors (Lipinski definition) is 5. The molecule has 5 nitrogen and oxygen atoms in total. The lowest BCUT2D eigenvalue weighted by Crippen LogP contribution is -2.16. The molecular formula is C23H29N3O2. The molecule has 1 aliphatic carbocycles. The topological polar surface area (TPSA) is 102 Å². The minimum Gasteiger partial charge on any atom is -0.508 e. The minimum atomic E-state index is -0.328. The highest BCUT2D eigenvalue weighted by Gasteiger charge is 2.18. The molecule has 0 atom stereocenters. The van der Waals surface area contributed by atoms with E-state index in [0.717, 1.165) is 5.56 Å². The number of hydrogen-bond donors (Lipinski definition) is 3. The minimum absolute atomic E-state index is 0.0342. The molecule has 0 fully saturated rings. The van der Waals surface area contributed by atoms with E-state index in [-0.39, 0.29) is 17.3 Å². The third-order valence-corrected chi connectivity index (χ3v) is 3.68. The van der Waals surface area contributed by atoms with Gasteiger partial charge in [-0.3, -0.25) is 4.79 Å². The van der Waals surface area contributed by atoms with Crippen molar-refractivity contribution in [3.8, 4) is 0 Å². The van der Waals surface area contributed by atoms with Gasteiger partial charge < -0.3 is 16.6 Å². The van der Waals surface area contributed by atoms with Crippen molar-refractivity contribution in [2.45, 2.75) is 34.1 Å². The second kappa shape index (κ2) is 11.4. The number of rotatable bonds is 3. The lowest BCUT2D eigenvalue weighted by molar-refractivity contribution is -0.109. The summed E-state index contributed by atoms with van der Waals surface area (Å²) in [4.78, 5) is 16.4. The second-order valence-electron chi connectivity index (χ2n) is 5.57. The Balaban J connectivity index is 0.000000921. The van der Waals surface area contributed by atoms with E-state index in [1.807, 2.05) is 39.8 Å². The number of benzene rings is 2. The Morgan fingerprint density at radius 2 is 1.32 bits per heavy atom. The van der Waals surface area contributed by atoms with Crippen molar-refractivity contribution in [3.63, 3.8) is 0 Å². The fraction of sp³-hybridized carbons (Fsp3) is 0.217. The number of nitrogens with two attached hydrogens (primary N) is 2. The third kappa shape index (κ3) is 6.43. The molecule has 0 amide bonds. The molecule has 28 heavy (non-hydrogen) atoms. The van der Waals surface area contributed by atoms with Crippen LogP contribution in [0.15, 0.2) is 77.0 Å². The maximum atomic E-state index is 12.1. The van der Waals surface area contributed by atoms with Crippen molar-refractivity contribution in [1.82, 2.24) is 0 Å². The van der Waals surface area contributed by atoms with Gasteiger partial charge in [0.1, 0.15) is 11.5 Å². The first-order valence-corrected chi connectivity index (χ1v) is 9.46. The molecule has 148 valence electrons. The summed E-state index contributed by atoms with van der Waals surface area (Å²) in [5.41, 5.74) is 15.2. The second-order valence-corrected chi connectivity index (χ2v) is 5.57. The van der Waals surface area contributed by atoms with E-state index < -0.39 is 0 Å². The summed E-state index contributed by atoms with van der Waals surface area (Å²) in [6, 6.07) is 14.3. The number of carbonyl (C=O) groups is 1. The van der Waals surface area contributed by atoms with E-state index in [1.54, 1.807) is 42.5 Å². The van der Waals surface area contributed by atoms with Gasteiger partial charge >= 0.3 is 0 Å². The first kappa shape index (κ1) is 22.7. The first-order valence-electron chi connectivity index (χ1n) is 9.46. The number of carbonyl (C=O) groups excluding carboxylic acids is 1. The van der Waals surface area contributed by atoms with Crippen LogP contribution in [0, 0.1) is 0 Å². The quantitative estimate of drug-likeness (QED) is 0.506. The molecule has 0 aromatic heterocycles. The van der Waals surface area contributed by atoms with Crippen LogP contribution in [-0.4, -0.2) is 16.6 Å². The fourth-order valence-corrected chi connectivity index (χ4v) is 2.37. The van der Waals surface area contributed by atoms with Gasteiger partial charge in [-0.05, 0) is 48.0 Å². The average molecular weight is 380 g/mol. The SMILES string of the molecule is CC.CC.Nc1ccc(CC2=CC(=Nc3ccc(N)cc3)C(=O)C=C2O)cc1. The normalized spacial score (nSPS) is 14.1. The van der Waals surface area contributed by atoms with Crippen LogP contribution < -0.4 is 11.5 Å². The molecule has 5 heteroatoms. The molecule has 0 bridgehead atoms. The Bertz CT molecular complexity index is 862. The number of aliphatic hydroxyl groups excluding tert-OH is 1. The van der Waals surface area contributed by atoms with Crippen LogP contribution in [-0.2, 0) is 11.2 Å². The molecule has 0 saturated carbocycles. The van der Waals surface area contributed by atoms with Gasteiger partial charge in [-0.2, -0.15) is 0 Å². The number of nitrogens with zero attached hydrogens (tertiary/aromatic N) is 1. The van der Waals surface area contributed by atoms with Crippen molar-refractivity contribution in [2.24, 2.45) is 4.99 Å². The molecule has 0 heterocycles. The van der Waals surface area contributed by atoms with E-state index >= 15 is 0 Å². The zero-order chi connectivity index (χ0) is 21.1. The average Bonchev–Trinajstić information content (AvgIpc) is 2.72. The van der Waals surface area contributed by atoms with E-state index in [0.29, 0.717) is 29.1 Å². The predicted molar refractivity (Wildman–Crippen MR) is 119 cm³/mol. The standard InChI is InChI=1S/C19H17N3O2.2C2H6/c20-14-3-1-12(2-4-14)9-13-10-17(19(24)11-18(13)23)22-16-7-5-15(21)6-8-16;2*1-2/h1-8,10-11,23H,9,20-21H2;2*1-2H3. The van der Waals surface area contributed by atoms with Crippen LogP contribution in [0.4, 0.5) is 17.1 Å². The number of anilines is 2. The van der Waals surface area contributed by atoms with E-state index in [9.17, 15) is 9.90 Å². The Labute approximate surface area is 167 Å². The van der Waals surface area contributed by atoms with Gasteiger partial charge in [0.15, 0.2) is 0 Å². The summed E-state index contributed by atoms with van der Waals surface area (Å²) in [6.07, 6.45) is 3.30. The Morgan fingerprint density at radius 3 is 1.86 bits per heavy atom. The van der Waals surface area contributed by atoms with Crippen molar-refractivity contribution in [3.05, 3.63) is 77.6 Å². The highest BCUT2D eigenvalue weighted by Crippen LogP contribution is 2.22. The van der Waals surface area contributed by atoms with Crippen molar-refractivity contribution in [1.29, 1.82) is 0 Å². The van der Waals surface area contributed by atoms with Crippen LogP contribution >= 0.6 is 0 Å². The zero-order valence-electron chi connectivity index (χ0n) is 16.9. The smallest absolute Gasteiger partial charge is 0.207 e. The van der Waals surface area contributed by atoms with E-state index in [4.69, 9.17) is 11.5 Å². The maximum absolute atomic E-state index is 12.1. The Morgan fingerprint density at radius 1 is 0.821 bits per heavy atom. The Hall–Kier alpha value is -3.34. The fourth-order valence-electron chi connectivity index (χ4n) is 2.37. The molecule has 0 spiro atoms. The summed E-state index contributed by atoms with van der Waals surface area (Å²) in [5, 5.41) is 10.1. The molecule has 0 radical (unpaired) electrons. The molecule has 0 saturated heterocycles. The zero-order valence-corrected chi connectivity index (χ0v) is 16.9. The van der Waals surface area contributed by atoms with Crippen molar-refractivity contribution >= 4 is 28.6 Å². The summed E-state index contributed by atoms with van der Waals surface area (Å²) in [7, 11) is 0. The number of nitrogen functional groups attached to an aromatic ring is 2. The number of ketones is 1. The van der Waals surface area contributed by atoms with Gasteiger partial charge in [-0.15, -0.1) is 0 Å². The molecule has 0 aliphatic heterocycles. The van der Waals surface area contributed by atoms with Crippen LogP contribution in [0.3, 0.4) is 0 Å². The van der Waals surface area contributed by atoms with Gasteiger partial charge in [0.05, 0.1) is 5.69 Å². The summed E-state index contributed by atoms with van der Waals surface area (Å²) >= 11 is 0. The molecule has 0 unspecified atom stereocenters. The van der Waals surface area contributed by atoms with Gasteiger partial charge in [-0.1, -0.05) is 39.8 Å². The van der Waals surface area contributed by atoms with Crippen molar-refractivity contribution in [2.75, 3.05) is 11.5 Å². The van der Waals surface area contributed by atoms with Crippen molar-refractivity contribution < 1.29 is 9.90 Å². The monoisotopic (exact) mass is 379 g/mol. The van der Waals surface area contributed by atoms with Crippen LogP contribution in [0.5, 0.6) is 0 Å². The summed E-state index contributed by atoms with van der Waals surface area (Å²) < 4.78 is 0. The van der Waals surface area contributed by atoms with Gasteiger partial charge in [0.2, 0.25) is 5.78 Å². The molecule has 2 aromatic carbocycles. The highest BCUT2D eigenvalue weighted by atomic mass is 16.3. The highest BCUT2D eigenvalue weighted by molar-refractivity contribution is 6.49. The lowest BCUT2D eigenvalue weighted by Gasteiger charge is -2.12. The van der Waals surface area contributed by atoms with Crippen LogP contribution in [0.2, 0.25) is 0 Å². The van der Waals surface area contributed by atoms with E-state index in [2.05, 4.69) is 4.99 Å². The molecule has 5 N–H and O–H groups in total. The third-order valence-electron chi connectivity index (χ3n) is 3.68. The Kier molecular flexibility index (Phi) is 9.23. The predicted octanol–water partition coefficient (Wildman–Crippen LogP) is 5.17. The summed E-state index contributed by atoms with van der Waals surface area (Å²) in [5.74, 6) is -0.363. The summed E-state index contributed by atoms with van der Waals surface area (Å²) in [6.45, 7) is 8.00. The van der Waals surface area contributed by atoms with E-state index in [1.165, 1.54) is 6.08 Å². The molecule has 2 aromatic rings. The lowest BCUT2D eigenvalue weighted by atomic mass is 9.96. The van der Waals surface area contributed by atoms with Crippen LogP contribution in [0.25, 0.3) is 0 Å². The number of aliphatic hydroxyl groups is 1.